The first-order valence-corrected chi connectivity index (χ1v) is 6.06. The maximum atomic E-state index is 13.2. The summed E-state index contributed by atoms with van der Waals surface area (Å²) in [7, 11) is 0. The number of carbonyl (C=O) groups is 1. The average Bonchev–Trinajstić information content (AvgIpc) is 2.44. The van der Waals surface area contributed by atoms with Crippen molar-refractivity contribution in [1.29, 1.82) is 5.26 Å². The molecule has 0 heterocycles. The van der Waals surface area contributed by atoms with Gasteiger partial charge in [0.25, 0.3) is 11.6 Å². The van der Waals surface area contributed by atoms with Crippen LogP contribution < -0.4 is 5.32 Å². The Morgan fingerprint density at radius 2 is 2.10 bits per heavy atom. The fraction of sp³-hybridized carbons (Fsp3) is 0.385. The van der Waals surface area contributed by atoms with E-state index in [0.29, 0.717) is 12.8 Å². The van der Waals surface area contributed by atoms with E-state index in [0.717, 1.165) is 18.2 Å². The lowest BCUT2D eigenvalue weighted by atomic mass is 9.94. The normalized spacial score (nSPS) is 10.7. The topological polar surface area (TPSA) is 96.0 Å². The first-order valence-electron chi connectivity index (χ1n) is 6.06. The second kappa shape index (κ2) is 6.10. The Kier molecular flexibility index (Phi) is 4.75. The number of halogens is 1. The molecule has 0 fully saturated rings. The van der Waals surface area contributed by atoms with E-state index < -0.39 is 33.4 Å². The number of nitro groups is 1. The molecule has 0 spiro atoms. The van der Waals surface area contributed by atoms with E-state index in [1.807, 2.05) is 6.07 Å². The molecule has 7 heteroatoms. The lowest BCUT2D eigenvalue weighted by Gasteiger charge is -2.24. The molecule has 0 radical (unpaired) electrons. The predicted octanol–water partition coefficient (Wildman–Crippen LogP) is 2.55. The van der Waals surface area contributed by atoms with Crippen LogP contribution in [-0.4, -0.2) is 16.4 Å². The van der Waals surface area contributed by atoms with Gasteiger partial charge in [-0.1, -0.05) is 13.8 Å². The quantitative estimate of drug-likeness (QED) is 0.661. The fourth-order valence-electron chi connectivity index (χ4n) is 1.75. The van der Waals surface area contributed by atoms with E-state index >= 15 is 0 Å². The number of nitrogens with one attached hydrogen (secondary N) is 1. The van der Waals surface area contributed by atoms with Crippen LogP contribution in [0.1, 0.15) is 37.0 Å². The first kappa shape index (κ1) is 15.6. The number of amides is 1. The molecule has 1 amide bonds. The standard InChI is InChI=1S/C13H14FN3O3/c1-3-13(4-2,8-15)16-12(18)10-7-9(14)5-6-11(10)17(19)20/h5-7H,3-4H2,1-2H3,(H,16,18). The largest absolute Gasteiger partial charge is 0.333 e. The van der Waals surface area contributed by atoms with Crippen LogP contribution in [0.3, 0.4) is 0 Å². The zero-order valence-electron chi connectivity index (χ0n) is 11.1. The molecule has 6 nitrogen and oxygen atoms in total. The highest BCUT2D eigenvalue weighted by Gasteiger charge is 2.31. The highest BCUT2D eigenvalue weighted by Crippen LogP contribution is 2.21. The molecule has 1 N–H and O–H groups in total. The summed E-state index contributed by atoms with van der Waals surface area (Å²) in [6, 6.07) is 4.61. The minimum Gasteiger partial charge on any atom is -0.333 e. The molecule has 0 bridgehead atoms. The van der Waals surface area contributed by atoms with Gasteiger partial charge in [0.05, 0.1) is 11.0 Å². The van der Waals surface area contributed by atoms with Crippen LogP contribution in [0.15, 0.2) is 18.2 Å². The van der Waals surface area contributed by atoms with Crippen molar-refractivity contribution in [3.05, 3.63) is 39.7 Å². The number of benzene rings is 1. The van der Waals surface area contributed by atoms with Gasteiger partial charge in [-0.3, -0.25) is 14.9 Å². The third-order valence-electron chi connectivity index (χ3n) is 3.17. The van der Waals surface area contributed by atoms with E-state index in [2.05, 4.69) is 5.32 Å². The molecule has 0 aromatic heterocycles. The molecule has 1 rings (SSSR count). The lowest BCUT2D eigenvalue weighted by molar-refractivity contribution is -0.385. The van der Waals surface area contributed by atoms with Crippen LogP contribution in [0.4, 0.5) is 10.1 Å². The molecule has 1 aromatic rings. The number of hydrogen-bond donors (Lipinski definition) is 1. The molecule has 0 atom stereocenters. The summed E-state index contributed by atoms with van der Waals surface area (Å²) in [5.74, 6) is -1.59. The maximum Gasteiger partial charge on any atom is 0.282 e. The summed E-state index contributed by atoms with van der Waals surface area (Å²) in [5.41, 5.74) is -2.00. The van der Waals surface area contributed by atoms with Crippen LogP contribution in [0.2, 0.25) is 0 Å². The Morgan fingerprint density at radius 3 is 2.55 bits per heavy atom. The Bertz CT molecular complexity index is 577. The van der Waals surface area contributed by atoms with Gasteiger partial charge in [-0.05, 0) is 25.0 Å². The maximum absolute atomic E-state index is 13.2. The van der Waals surface area contributed by atoms with Gasteiger partial charge in [0.2, 0.25) is 0 Å². The van der Waals surface area contributed by atoms with E-state index in [-0.39, 0.29) is 0 Å². The fourth-order valence-corrected chi connectivity index (χ4v) is 1.75. The number of rotatable bonds is 5. The SMILES string of the molecule is CCC(C#N)(CC)NC(=O)c1cc(F)ccc1[N+](=O)[O-]. The number of carbonyl (C=O) groups excluding carboxylic acids is 1. The zero-order valence-corrected chi connectivity index (χ0v) is 11.1. The third kappa shape index (κ3) is 3.09. The summed E-state index contributed by atoms with van der Waals surface area (Å²) < 4.78 is 13.2. The predicted molar refractivity (Wildman–Crippen MR) is 69.4 cm³/mol. The highest BCUT2D eigenvalue weighted by molar-refractivity contribution is 5.98. The van der Waals surface area contributed by atoms with E-state index in [1.54, 1.807) is 13.8 Å². The second-order valence-electron chi connectivity index (χ2n) is 4.27. The Labute approximate surface area is 115 Å². The number of nitro benzene ring substituents is 1. The molecule has 106 valence electrons. The molecule has 0 aliphatic heterocycles. The van der Waals surface area contributed by atoms with Gasteiger partial charge in [0.15, 0.2) is 0 Å². The molecule has 0 saturated heterocycles. The van der Waals surface area contributed by atoms with Crippen molar-refractivity contribution >= 4 is 11.6 Å². The smallest absolute Gasteiger partial charge is 0.282 e. The zero-order chi connectivity index (χ0) is 15.3. The summed E-state index contributed by atoms with van der Waals surface area (Å²) in [4.78, 5) is 22.2. The monoisotopic (exact) mass is 279 g/mol. The molecule has 1 aromatic carbocycles. The number of hydrogen-bond acceptors (Lipinski definition) is 4. The van der Waals surface area contributed by atoms with Gasteiger partial charge < -0.3 is 5.32 Å². The van der Waals surface area contributed by atoms with E-state index in [9.17, 15) is 19.3 Å². The van der Waals surface area contributed by atoms with Crippen LogP contribution in [0, 0.1) is 27.3 Å². The third-order valence-corrected chi connectivity index (χ3v) is 3.17. The molecule has 0 aliphatic rings. The minimum atomic E-state index is -1.11. The summed E-state index contributed by atoms with van der Waals surface area (Å²) in [6.07, 6.45) is 0.684. The number of nitrogens with zero attached hydrogens (tertiary/aromatic N) is 2. The summed E-state index contributed by atoms with van der Waals surface area (Å²) in [6.45, 7) is 3.43. The van der Waals surface area contributed by atoms with Crippen molar-refractivity contribution < 1.29 is 14.1 Å². The van der Waals surface area contributed by atoms with E-state index in [4.69, 9.17) is 5.26 Å². The van der Waals surface area contributed by atoms with Crippen molar-refractivity contribution in [2.24, 2.45) is 0 Å². The molecule has 0 saturated carbocycles. The van der Waals surface area contributed by atoms with Crippen molar-refractivity contribution in [3.63, 3.8) is 0 Å². The van der Waals surface area contributed by atoms with Crippen LogP contribution in [0.25, 0.3) is 0 Å². The van der Waals surface area contributed by atoms with Crippen molar-refractivity contribution in [1.82, 2.24) is 5.32 Å². The van der Waals surface area contributed by atoms with Crippen molar-refractivity contribution in [2.45, 2.75) is 32.2 Å². The van der Waals surface area contributed by atoms with Gasteiger partial charge in [-0.25, -0.2) is 4.39 Å². The van der Waals surface area contributed by atoms with Crippen molar-refractivity contribution in [3.8, 4) is 6.07 Å². The van der Waals surface area contributed by atoms with Crippen molar-refractivity contribution in [2.75, 3.05) is 0 Å². The second-order valence-corrected chi connectivity index (χ2v) is 4.27. The number of nitriles is 1. The van der Waals surface area contributed by atoms with Crippen LogP contribution in [-0.2, 0) is 0 Å². The summed E-state index contributed by atoms with van der Waals surface area (Å²) in [5, 5.41) is 22.4. The van der Waals surface area contributed by atoms with E-state index in [1.165, 1.54) is 0 Å². The Balaban J connectivity index is 3.19. The molecular weight excluding hydrogens is 265 g/mol. The summed E-state index contributed by atoms with van der Waals surface area (Å²) >= 11 is 0. The van der Waals surface area contributed by atoms with Crippen LogP contribution in [0.5, 0.6) is 0 Å². The van der Waals surface area contributed by atoms with Gasteiger partial charge in [-0.15, -0.1) is 0 Å². The molecule has 0 unspecified atom stereocenters. The molecular formula is C13H14FN3O3. The molecule has 0 aliphatic carbocycles. The first-order chi connectivity index (χ1) is 9.39. The van der Waals surface area contributed by atoms with Gasteiger partial charge >= 0.3 is 0 Å². The van der Waals surface area contributed by atoms with Gasteiger partial charge in [-0.2, -0.15) is 5.26 Å². The minimum absolute atomic E-state index is 0.342. The Hall–Kier alpha value is -2.49. The van der Waals surface area contributed by atoms with Gasteiger partial charge in [0, 0.05) is 6.07 Å². The highest BCUT2D eigenvalue weighted by atomic mass is 19.1. The van der Waals surface area contributed by atoms with Gasteiger partial charge in [0.1, 0.15) is 16.9 Å². The lowest BCUT2D eigenvalue weighted by Crippen LogP contribution is -2.46. The average molecular weight is 279 g/mol. The van der Waals surface area contributed by atoms with Crippen LogP contribution >= 0.6 is 0 Å². The molecule has 20 heavy (non-hydrogen) atoms. The Morgan fingerprint density at radius 1 is 1.50 bits per heavy atom.